The Kier molecular flexibility index (Phi) is 5.05. The van der Waals surface area contributed by atoms with E-state index in [1.54, 1.807) is 35.1 Å². The Morgan fingerprint density at radius 1 is 1.16 bits per heavy atom. The molecule has 0 saturated heterocycles. The highest BCUT2D eigenvalue weighted by atomic mass is 35.5. The number of aryl methyl sites for hydroxylation is 1. The molecule has 0 saturated carbocycles. The van der Waals surface area contributed by atoms with Crippen molar-refractivity contribution in [3.8, 4) is 5.75 Å². The van der Waals surface area contributed by atoms with Crippen LogP contribution in [0.5, 0.6) is 5.75 Å². The lowest BCUT2D eigenvalue weighted by molar-refractivity contribution is 0.102. The lowest BCUT2D eigenvalue weighted by atomic mass is 10.1. The first-order valence-electron chi connectivity index (χ1n) is 7.80. The molecular weight excluding hydrogens is 338 g/mol. The van der Waals surface area contributed by atoms with Crippen LogP contribution in [0.25, 0.3) is 0 Å². The zero-order valence-electron chi connectivity index (χ0n) is 14.0. The van der Waals surface area contributed by atoms with Crippen molar-refractivity contribution in [2.45, 2.75) is 13.5 Å². The molecule has 6 heteroatoms. The van der Waals surface area contributed by atoms with E-state index in [9.17, 15) is 4.79 Å². The molecule has 2 aromatic carbocycles. The van der Waals surface area contributed by atoms with Gasteiger partial charge < -0.3 is 10.1 Å². The number of anilines is 1. The van der Waals surface area contributed by atoms with E-state index in [0.29, 0.717) is 22.9 Å². The molecule has 25 heavy (non-hydrogen) atoms. The highest BCUT2D eigenvalue weighted by molar-refractivity contribution is 6.30. The number of rotatable bonds is 5. The van der Waals surface area contributed by atoms with E-state index in [0.717, 1.165) is 17.0 Å². The third-order valence-corrected chi connectivity index (χ3v) is 4.17. The molecule has 3 rings (SSSR count). The largest absolute Gasteiger partial charge is 0.489 e. The van der Waals surface area contributed by atoms with Gasteiger partial charge in [0.1, 0.15) is 12.4 Å². The van der Waals surface area contributed by atoms with Crippen LogP contribution in [-0.4, -0.2) is 15.7 Å². The number of nitrogens with zero attached hydrogens (tertiary/aromatic N) is 2. The number of benzene rings is 2. The van der Waals surface area contributed by atoms with Crippen LogP contribution in [0.3, 0.4) is 0 Å². The molecule has 0 aliphatic rings. The predicted octanol–water partition coefficient (Wildman–Crippen LogP) is 4.21. The summed E-state index contributed by atoms with van der Waals surface area (Å²) in [4.78, 5) is 12.3. The van der Waals surface area contributed by atoms with Crippen LogP contribution in [0.2, 0.25) is 5.02 Å². The van der Waals surface area contributed by atoms with Crippen LogP contribution in [-0.2, 0) is 13.7 Å². The number of carbonyl (C=O) groups is 1. The summed E-state index contributed by atoms with van der Waals surface area (Å²) in [5.41, 5.74) is 3.17. The Labute approximate surface area is 151 Å². The molecule has 0 spiro atoms. The number of carbonyl (C=O) groups excluding carboxylic acids is 1. The lowest BCUT2D eigenvalue weighted by Crippen LogP contribution is -2.12. The van der Waals surface area contributed by atoms with Crippen molar-refractivity contribution in [3.05, 3.63) is 76.6 Å². The molecule has 0 fully saturated rings. The first-order chi connectivity index (χ1) is 12.0. The average Bonchev–Trinajstić information content (AvgIpc) is 2.94. The second-order valence-corrected chi connectivity index (χ2v) is 6.10. The molecule has 5 nitrogen and oxygen atoms in total. The molecule has 0 radical (unpaired) electrons. The number of hydrogen-bond acceptors (Lipinski definition) is 3. The SMILES string of the molecule is Cc1c(NC(=O)c2ccc(COc3ccc(Cl)cc3)cc2)cnn1C. The summed E-state index contributed by atoms with van der Waals surface area (Å²) in [5, 5.41) is 7.65. The van der Waals surface area contributed by atoms with Crippen LogP contribution in [0.1, 0.15) is 21.6 Å². The van der Waals surface area contributed by atoms with E-state index in [1.165, 1.54) is 0 Å². The van der Waals surface area contributed by atoms with Gasteiger partial charge >= 0.3 is 0 Å². The quantitative estimate of drug-likeness (QED) is 0.745. The van der Waals surface area contributed by atoms with Crippen molar-refractivity contribution < 1.29 is 9.53 Å². The maximum atomic E-state index is 12.3. The van der Waals surface area contributed by atoms with Crippen LogP contribution in [0.4, 0.5) is 5.69 Å². The van der Waals surface area contributed by atoms with Crippen molar-refractivity contribution in [2.75, 3.05) is 5.32 Å². The van der Waals surface area contributed by atoms with Crippen LogP contribution in [0, 0.1) is 6.92 Å². The van der Waals surface area contributed by atoms with Gasteiger partial charge in [-0.15, -0.1) is 0 Å². The molecule has 1 amide bonds. The van der Waals surface area contributed by atoms with Crippen LogP contribution < -0.4 is 10.1 Å². The molecule has 128 valence electrons. The van der Waals surface area contributed by atoms with Crippen molar-refractivity contribution in [1.82, 2.24) is 9.78 Å². The minimum absolute atomic E-state index is 0.165. The van der Waals surface area contributed by atoms with Gasteiger partial charge in [0.15, 0.2) is 0 Å². The first-order valence-corrected chi connectivity index (χ1v) is 8.18. The monoisotopic (exact) mass is 355 g/mol. The molecule has 1 aromatic heterocycles. The smallest absolute Gasteiger partial charge is 0.255 e. The first kappa shape index (κ1) is 17.0. The highest BCUT2D eigenvalue weighted by Crippen LogP contribution is 2.18. The van der Waals surface area contributed by atoms with Gasteiger partial charge in [0.2, 0.25) is 0 Å². The number of halogens is 1. The number of ether oxygens (including phenoxy) is 1. The standard InChI is InChI=1S/C19H18ClN3O2/c1-13-18(11-21-23(13)2)22-19(24)15-5-3-14(4-6-15)12-25-17-9-7-16(20)8-10-17/h3-11H,12H2,1-2H3,(H,22,24). The Morgan fingerprint density at radius 3 is 2.44 bits per heavy atom. The summed E-state index contributed by atoms with van der Waals surface area (Å²) < 4.78 is 7.41. The maximum absolute atomic E-state index is 12.3. The van der Waals surface area contributed by atoms with E-state index >= 15 is 0 Å². The highest BCUT2D eigenvalue weighted by Gasteiger charge is 2.10. The van der Waals surface area contributed by atoms with Gasteiger partial charge in [0.05, 0.1) is 17.6 Å². The molecule has 0 atom stereocenters. The van der Waals surface area contributed by atoms with Crippen molar-refractivity contribution in [2.24, 2.45) is 7.05 Å². The van der Waals surface area contributed by atoms with Gasteiger partial charge in [-0.05, 0) is 48.9 Å². The van der Waals surface area contributed by atoms with Gasteiger partial charge in [-0.25, -0.2) is 0 Å². The van der Waals surface area contributed by atoms with Crippen molar-refractivity contribution in [3.63, 3.8) is 0 Å². The zero-order valence-corrected chi connectivity index (χ0v) is 14.7. The van der Waals surface area contributed by atoms with Crippen LogP contribution in [0.15, 0.2) is 54.7 Å². The van der Waals surface area contributed by atoms with E-state index in [-0.39, 0.29) is 5.91 Å². The van der Waals surface area contributed by atoms with E-state index in [4.69, 9.17) is 16.3 Å². The normalized spacial score (nSPS) is 10.5. The summed E-state index contributed by atoms with van der Waals surface area (Å²) in [7, 11) is 1.83. The molecule has 3 aromatic rings. The van der Waals surface area contributed by atoms with Crippen molar-refractivity contribution in [1.29, 1.82) is 0 Å². The second kappa shape index (κ2) is 7.40. The topological polar surface area (TPSA) is 56.1 Å². The van der Waals surface area contributed by atoms with Gasteiger partial charge in [-0.2, -0.15) is 5.10 Å². The average molecular weight is 356 g/mol. The minimum atomic E-state index is -0.165. The molecule has 1 N–H and O–H groups in total. The van der Waals surface area contributed by atoms with E-state index in [2.05, 4.69) is 10.4 Å². The second-order valence-electron chi connectivity index (χ2n) is 5.66. The van der Waals surface area contributed by atoms with Gasteiger partial charge in [0, 0.05) is 17.6 Å². The Hall–Kier alpha value is -2.79. The summed E-state index contributed by atoms with van der Waals surface area (Å²) in [6, 6.07) is 14.5. The molecule has 0 unspecified atom stereocenters. The van der Waals surface area contributed by atoms with Crippen molar-refractivity contribution >= 4 is 23.2 Å². The third kappa shape index (κ3) is 4.19. The lowest BCUT2D eigenvalue weighted by Gasteiger charge is -2.08. The predicted molar refractivity (Wildman–Crippen MR) is 98.1 cm³/mol. The minimum Gasteiger partial charge on any atom is -0.489 e. The summed E-state index contributed by atoms with van der Waals surface area (Å²) in [6.45, 7) is 2.32. The third-order valence-electron chi connectivity index (χ3n) is 3.92. The van der Waals surface area contributed by atoms with E-state index in [1.807, 2.05) is 38.2 Å². The Balaban J connectivity index is 1.60. The fourth-order valence-electron chi connectivity index (χ4n) is 2.27. The fourth-order valence-corrected chi connectivity index (χ4v) is 2.39. The molecule has 1 heterocycles. The summed E-state index contributed by atoms with van der Waals surface area (Å²) in [6.07, 6.45) is 1.64. The summed E-state index contributed by atoms with van der Waals surface area (Å²) in [5.74, 6) is 0.583. The van der Waals surface area contributed by atoms with Crippen LogP contribution >= 0.6 is 11.6 Å². The summed E-state index contributed by atoms with van der Waals surface area (Å²) >= 11 is 5.85. The zero-order chi connectivity index (χ0) is 17.8. The Bertz CT molecular complexity index is 871. The molecular formula is C19H18ClN3O2. The number of amides is 1. The number of aromatic nitrogens is 2. The molecule has 0 aliphatic heterocycles. The van der Waals surface area contributed by atoms with Gasteiger partial charge in [-0.3, -0.25) is 9.48 Å². The van der Waals surface area contributed by atoms with Gasteiger partial charge in [0.25, 0.3) is 5.91 Å². The Morgan fingerprint density at radius 2 is 1.84 bits per heavy atom. The van der Waals surface area contributed by atoms with E-state index < -0.39 is 0 Å². The van der Waals surface area contributed by atoms with Gasteiger partial charge in [-0.1, -0.05) is 23.7 Å². The maximum Gasteiger partial charge on any atom is 0.255 e. The molecule has 0 bridgehead atoms. The number of hydrogen-bond donors (Lipinski definition) is 1. The number of nitrogens with one attached hydrogen (secondary N) is 1. The molecule has 0 aliphatic carbocycles. The fraction of sp³-hybridized carbons (Fsp3) is 0.158.